The van der Waals surface area contributed by atoms with E-state index in [1.54, 1.807) is 24.4 Å². The van der Waals surface area contributed by atoms with Gasteiger partial charge in [-0.15, -0.1) is 0 Å². The third-order valence-corrected chi connectivity index (χ3v) is 3.73. The topological polar surface area (TPSA) is 95.7 Å². The van der Waals surface area contributed by atoms with Crippen LogP contribution in [0.1, 0.15) is 11.3 Å². The van der Waals surface area contributed by atoms with E-state index in [0.717, 1.165) is 6.20 Å². The minimum Gasteiger partial charge on any atom is -0.444 e. The van der Waals surface area contributed by atoms with Gasteiger partial charge in [-0.05, 0) is 11.6 Å². The van der Waals surface area contributed by atoms with Crippen molar-refractivity contribution in [3.8, 4) is 17.4 Å². The van der Waals surface area contributed by atoms with Crippen molar-refractivity contribution in [2.24, 2.45) is 0 Å². The van der Waals surface area contributed by atoms with Gasteiger partial charge in [-0.3, -0.25) is 0 Å². The van der Waals surface area contributed by atoms with Crippen LogP contribution in [0.2, 0.25) is 0 Å². The maximum absolute atomic E-state index is 14.0. The Morgan fingerprint density at radius 2 is 1.96 bits per heavy atom. The Morgan fingerprint density at radius 3 is 2.69 bits per heavy atom. The number of nitrogens with zero attached hydrogens (tertiary/aromatic N) is 5. The van der Waals surface area contributed by atoms with E-state index in [2.05, 4.69) is 20.1 Å². The lowest BCUT2D eigenvalue weighted by Crippen LogP contribution is -2.06. The molecule has 9 heteroatoms. The van der Waals surface area contributed by atoms with Gasteiger partial charge in [-0.25, -0.2) is 23.4 Å². The van der Waals surface area contributed by atoms with E-state index < -0.39 is 5.82 Å². The van der Waals surface area contributed by atoms with Crippen LogP contribution in [-0.2, 0) is 6.42 Å². The number of aromatic nitrogens is 5. The lowest BCUT2D eigenvalue weighted by Gasteiger charge is -2.02. The highest BCUT2D eigenvalue weighted by molar-refractivity contribution is 5.57. The van der Waals surface area contributed by atoms with E-state index in [1.165, 1.54) is 23.2 Å². The molecule has 0 saturated carbocycles. The van der Waals surface area contributed by atoms with Gasteiger partial charge in [0.2, 0.25) is 5.89 Å². The van der Waals surface area contributed by atoms with Crippen LogP contribution < -0.4 is 5.73 Å². The van der Waals surface area contributed by atoms with Crippen molar-refractivity contribution in [1.29, 1.82) is 0 Å². The van der Waals surface area contributed by atoms with Gasteiger partial charge in [-0.1, -0.05) is 18.2 Å². The Hall–Kier alpha value is -3.62. The fourth-order valence-corrected chi connectivity index (χ4v) is 2.48. The second-order valence-corrected chi connectivity index (χ2v) is 5.44. The number of benzene rings is 1. The number of oxazole rings is 1. The van der Waals surface area contributed by atoms with Crippen LogP contribution in [0.25, 0.3) is 17.4 Å². The van der Waals surface area contributed by atoms with Crippen LogP contribution in [0.15, 0.2) is 53.5 Å². The molecule has 0 saturated heterocycles. The maximum Gasteiger partial charge on any atom is 0.252 e. The molecule has 7 nitrogen and oxygen atoms in total. The predicted molar refractivity (Wildman–Crippen MR) is 88.2 cm³/mol. The molecular formula is C17H12F2N6O. The Balaban J connectivity index is 1.80. The van der Waals surface area contributed by atoms with Crippen molar-refractivity contribution < 1.29 is 13.2 Å². The molecule has 0 aliphatic heterocycles. The van der Waals surface area contributed by atoms with E-state index in [1.807, 2.05) is 0 Å². The molecule has 0 aliphatic carbocycles. The Bertz CT molecular complexity index is 1060. The quantitative estimate of drug-likeness (QED) is 0.605. The minimum absolute atomic E-state index is 0.0801. The van der Waals surface area contributed by atoms with Crippen molar-refractivity contribution in [3.05, 3.63) is 72.0 Å². The lowest BCUT2D eigenvalue weighted by atomic mass is 10.1. The molecule has 0 amide bonds. The van der Waals surface area contributed by atoms with Crippen molar-refractivity contribution in [2.75, 3.05) is 5.73 Å². The molecule has 0 radical (unpaired) electrons. The summed E-state index contributed by atoms with van der Waals surface area (Å²) in [6.45, 7) is 0. The number of nitrogens with two attached hydrogens (primary N) is 1. The van der Waals surface area contributed by atoms with E-state index in [-0.39, 0.29) is 24.0 Å². The molecule has 3 heterocycles. The first kappa shape index (κ1) is 15.9. The largest absolute Gasteiger partial charge is 0.444 e. The fraction of sp³-hybridized carbons (Fsp3) is 0.0588. The van der Waals surface area contributed by atoms with Gasteiger partial charge in [0, 0.05) is 12.6 Å². The molecule has 0 spiro atoms. The molecule has 2 N–H and O–H groups in total. The standard InChI is InChI=1S/C17H12F2N6O/c18-12-4-2-1-3-10(12)7-14-11(16-21-5-6-26-16)9-25(24-14)17-22-8-13(19)15(20)23-17/h1-6,8-9H,7H2,(H2,20,22,23). The van der Waals surface area contributed by atoms with Gasteiger partial charge in [0.25, 0.3) is 5.95 Å². The number of halogens is 2. The smallest absolute Gasteiger partial charge is 0.252 e. The highest BCUT2D eigenvalue weighted by Gasteiger charge is 2.18. The first-order chi connectivity index (χ1) is 12.6. The predicted octanol–water partition coefficient (Wildman–Crippen LogP) is 2.77. The van der Waals surface area contributed by atoms with Gasteiger partial charge in [0.15, 0.2) is 11.6 Å². The second-order valence-electron chi connectivity index (χ2n) is 5.44. The third-order valence-electron chi connectivity index (χ3n) is 3.73. The Labute approximate surface area is 146 Å². The first-order valence-electron chi connectivity index (χ1n) is 7.62. The molecule has 3 aromatic heterocycles. The summed E-state index contributed by atoms with van der Waals surface area (Å²) in [5.41, 5.74) is 7.01. The number of hydrogen-bond donors (Lipinski definition) is 1. The van der Waals surface area contributed by atoms with Gasteiger partial charge in [0.05, 0.1) is 23.7 Å². The third kappa shape index (κ3) is 2.90. The summed E-state index contributed by atoms with van der Waals surface area (Å²) >= 11 is 0. The average molecular weight is 354 g/mol. The van der Waals surface area contributed by atoms with Crippen molar-refractivity contribution in [2.45, 2.75) is 6.42 Å². The molecule has 26 heavy (non-hydrogen) atoms. The highest BCUT2D eigenvalue weighted by Crippen LogP contribution is 2.25. The van der Waals surface area contributed by atoms with Gasteiger partial charge >= 0.3 is 0 Å². The van der Waals surface area contributed by atoms with Crippen LogP contribution in [0.3, 0.4) is 0 Å². The molecule has 130 valence electrons. The molecule has 0 aliphatic rings. The maximum atomic E-state index is 14.0. The zero-order valence-electron chi connectivity index (χ0n) is 13.3. The minimum atomic E-state index is -0.722. The molecule has 0 atom stereocenters. The summed E-state index contributed by atoms with van der Waals surface area (Å²) in [5.74, 6) is -0.962. The molecule has 0 fully saturated rings. The summed E-state index contributed by atoms with van der Waals surface area (Å²) in [7, 11) is 0. The number of nitrogen functional groups attached to an aromatic ring is 1. The summed E-state index contributed by atoms with van der Waals surface area (Å²) in [5, 5.41) is 4.39. The Kier molecular flexibility index (Phi) is 3.88. The van der Waals surface area contributed by atoms with Crippen LogP contribution in [0.5, 0.6) is 0 Å². The van der Waals surface area contributed by atoms with Gasteiger partial charge in [-0.2, -0.15) is 10.1 Å². The molecule has 1 aromatic carbocycles. The Morgan fingerprint density at radius 1 is 1.12 bits per heavy atom. The highest BCUT2D eigenvalue weighted by atomic mass is 19.1. The first-order valence-corrected chi connectivity index (χ1v) is 7.62. The van der Waals surface area contributed by atoms with Crippen molar-refractivity contribution in [3.63, 3.8) is 0 Å². The molecule has 4 aromatic rings. The molecule has 4 rings (SSSR count). The number of hydrogen-bond acceptors (Lipinski definition) is 6. The van der Waals surface area contributed by atoms with Crippen molar-refractivity contribution >= 4 is 5.82 Å². The van der Waals surface area contributed by atoms with E-state index >= 15 is 0 Å². The van der Waals surface area contributed by atoms with E-state index in [9.17, 15) is 8.78 Å². The summed E-state index contributed by atoms with van der Waals surface area (Å²) in [6, 6.07) is 6.40. The SMILES string of the molecule is Nc1nc(-n2cc(-c3ncco3)c(Cc3ccccc3F)n2)ncc1F. The molecule has 0 unspecified atom stereocenters. The zero-order chi connectivity index (χ0) is 18.1. The monoisotopic (exact) mass is 354 g/mol. The second kappa shape index (κ2) is 6.36. The number of rotatable bonds is 4. The molecular weight excluding hydrogens is 342 g/mol. The van der Waals surface area contributed by atoms with Gasteiger partial charge in [0.1, 0.15) is 12.1 Å². The lowest BCUT2D eigenvalue weighted by molar-refractivity contribution is 0.573. The van der Waals surface area contributed by atoms with Crippen molar-refractivity contribution in [1.82, 2.24) is 24.7 Å². The summed E-state index contributed by atoms with van der Waals surface area (Å²) < 4.78 is 34.0. The van der Waals surface area contributed by atoms with Crippen LogP contribution in [-0.4, -0.2) is 24.7 Å². The van der Waals surface area contributed by atoms with Gasteiger partial charge < -0.3 is 10.2 Å². The zero-order valence-corrected chi connectivity index (χ0v) is 13.3. The average Bonchev–Trinajstić information content (AvgIpc) is 3.29. The normalized spacial score (nSPS) is 11.0. The summed E-state index contributed by atoms with van der Waals surface area (Å²) in [4.78, 5) is 11.9. The number of anilines is 1. The van der Waals surface area contributed by atoms with E-state index in [4.69, 9.17) is 10.2 Å². The molecule has 0 bridgehead atoms. The summed E-state index contributed by atoms with van der Waals surface area (Å²) in [6.07, 6.45) is 5.65. The van der Waals surface area contributed by atoms with Crippen LogP contribution >= 0.6 is 0 Å². The fourth-order valence-electron chi connectivity index (χ4n) is 2.48. The van der Waals surface area contributed by atoms with Crippen LogP contribution in [0, 0.1) is 11.6 Å². The van der Waals surface area contributed by atoms with E-state index in [0.29, 0.717) is 22.7 Å². The van der Waals surface area contributed by atoms with Crippen LogP contribution in [0.4, 0.5) is 14.6 Å².